The molecule has 0 saturated heterocycles. The van der Waals surface area contributed by atoms with Gasteiger partial charge in [0.2, 0.25) is 15.8 Å². The van der Waals surface area contributed by atoms with E-state index in [-0.39, 0.29) is 11.3 Å². The molecule has 0 heterocycles. The third kappa shape index (κ3) is 3.74. The molecule has 1 unspecified atom stereocenters. The molecule has 0 aliphatic carbocycles. The van der Waals surface area contributed by atoms with Gasteiger partial charge < -0.3 is 0 Å². The minimum absolute atomic E-state index is 0.169. The van der Waals surface area contributed by atoms with Crippen LogP contribution in [0.15, 0.2) is 23.1 Å². The molecule has 0 saturated carbocycles. The summed E-state index contributed by atoms with van der Waals surface area (Å²) in [6.45, 7) is 1.55. The van der Waals surface area contributed by atoms with E-state index in [0.29, 0.717) is 6.07 Å². The molecule has 1 atom stereocenters. The second-order valence-corrected chi connectivity index (χ2v) is 5.51. The van der Waals surface area contributed by atoms with Crippen LogP contribution in [0.2, 0.25) is 0 Å². The highest BCUT2D eigenvalue weighted by atomic mass is 32.2. The lowest BCUT2D eigenvalue weighted by Crippen LogP contribution is -2.32. The molecule has 1 rings (SSSR count). The monoisotopic (exact) mass is 286 g/mol. The van der Waals surface area contributed by atoms with Gasteiger partial charge in [-0.2, -0.15) is 4.39 Å². The van der Waals surface area contributed by atoms with E-state index in [9.17, 15) is 22.9 Å². The summed E-state index contributed by atoms with van der Waals surface area (Å²) in [7, 11) is -3.97. The molecule has 0 radical (unpaired) electrons. The van der Waals surface area contributed by atoms with Crippen LogP contribution in [0.5, 0.6) is 0 Å². The van der Waals surface area contributed by atoms with Crippen molar-refractivity contribution in [2.45, 2.75) is 24.3 Å². The number of nitrogens with zero attached hydrogens (tertiary/aromatic N) is 1. The van der Waals surface area contributed by atoms with E-state index in [2.05, 4.69) is 10.6 Å². The molecule has 0 fully saturated rings. The van der Waals surface area contributed by atoms with Gasteiger partial charge in [0.15, 0.2) is 0 Å². The number of halogens is 1. The molecule has 6 nitrogen and oxygen atoms in total. The summed E-state index contributed by atoms with van der Waals surface area (Å²) < 4.78 is 39.1. The summed E-state index contributed by atoms with van der Waals surface area (Å²) >= 11 is 0. The lowest BCUT2D eigenvalue weighted by Gasteiger charge is -2.11. The average Bonchev–Trinajstić information content (AvgIpc) is 2.28. The summed E-state index contributed by atoms with van der Waals surface area (Å²) in [4.78, 5) is 9.18. The van der Waals surface area contributed by atoms with E-state index in [1.165, 1.54) is 0 Å². The smallest absolute Gasteiger partial charge is 0.258 e. The summed E-state index contributed by atoms with van der Waals surface area (Å²) in [5, 5.41) is 10.5. The highest BCUT2D eigenvalue weighted by Crippen LogP contribution is 2.21. The minimum atomic E-state index is -3.97. The Balaban J connectivity index is 3.13. The lowest BCUT2D eigenvalue weighted by molar-refractivity contribution is -0.387. The Labute approximate surface area is 109 Å². The van der Waals surface area contributed by atoms with E-state index in [4.69, 9.17) is 6.42 Å². The Morgan fingerprint density at radius 2 is 2.21 bits per heavy atom. The Morgan fingerprint density at radius 3 is 2.74 bits per heavy atom. The van der Waals surface area contributed by atoms with Gasteiger partial charge in [0.1, 0.15) is 0 Å². The normalized spacial score (nSPS) is 12.7. The topological polar surface area (TPSA) is 89.3 Å². The van der Waals surface area contributed by atoms with Gasteiger partial charge in [-0.05, 0) is 19.1 Å². The molecule has 1 aromatic rings. The number of rotatable bonds is 5. The first kappa shape index (κ1) is 15.1. The van der Waals surface area contributed by atoms with Crippen LogP contribution in [0.25, 0.3) is 0 Å². The van der Waals surface area contributed by atoms with Gasteiger partial charge in [0.25, 0.3) is 0 Å². The summed E-state index contributed by atoms with van der Waals surface area (Å²) in [5.74, 6) is 1.19. The van der Waals surface area contributed by atoms with Crippen molar-refractivity contribution in [3.05, 3.63) is 34.1 Å². The van der Waals surface area contributed by atoms with Gasteiger partial charge in [0, 0.05) is 18.5 Å². The van der Waals surface area contributed by atoms with Crippen molar-refractivity contribution in [3.8, 4) is 12.3 Å². The highest BCUT2D eigenvalue weighted by Gasteiger charge is 2.22. The second-order valence-electron chi connectivity index (χ2n) is 3.80. The zero-order valence-corrected chi connectivity index (χ0v) is 10.8. The van der Waals surface area contributed by atoms with Gasteiger partial charge in [-0.3, -0.25) is 10.1 Å². The van der Waals surface area contributed by atoms with Crippen LogP contribution in [0.4, 0.5) is 10.1 Å². The fourth-order valence-corrected chi connectivity index (χ4v) is 2.61. The fourth-order valence-electron chi connectivity index (χ4n) is 1.35. The van der Waals surface area contributed by atoms with Crippen molar-refractivity contribution in [2.24, 2.45) is 0 Å². The van der Waals surface area contributed by atoms with Gasteiger partial charge in [0.05, 0.1) is 9.82 Å². The van der Waals surface area contributed by atoms with E-state index < -0.39 is 32.5 Å². The molecule has 1 N–H and O–H groups in total. The molecule has 1 aromatic carbocycles. The molecule has 0 amide bonds. The number of hydrogen-bond acceptors (Lipinski definition) is 4. The number of hydrogen-bond donors (Lipinski definition) is 1. The maximum absolute atomic E-state index is 13.1. The predicted molar refractivity (Wildman–Crippen MR) is 66.3 cm³/mol. The highest BCUT2D eigenvalue weighted by molar-refractivity contribution is 7.89. The van der Waals surface area contributed by atoms with Crippen LogP contribution < -0.4 is 4.72 Å². The largest absolute Gasteiger partial charge is 0.306 e. The number of nitro benzene ring substituents is 1. The third-order valence-corrected chi connectivity index (χ3v) is 3.79. The Kier molecular flexibility index (Phi) is 4.58. The van der Waals surface area contributed by atoms with Crippen molar-refractivity contribution in [1.29, 1.82) is 0 Å². The van der Waals surface area contributed by atoms with E-state index in [1.54, 1.807) is 6.92 Å². The van der Waals surface area contributed by atoms with Gasteiger partial charge >= 0.3 is 5.69 Å². The quantitative estimate of drug-likeness (QED) is 0.503. The van der Waals surface area contributed by atoms with Crippen LogP contribution in [0.1, 0.15) is 13.3 Å². The van der Waals surface area contributed by atoms with Crippen molar-refractivity contribution >= 4 is 15.7 Å². The number of benzene rings is 1. The van der Waals surface area contributed by atoms with Crippen LogP contribution in [0.3, 0.4) is 0 Å². The van der Waals surface area contributed by atoms with Gasteiger partial charge in [-0.1, -0.05) is 0 Å². The lowest BCUT2D eigenvalue weighted by atomic mass is 10.3. The summed E-state index contributed by atoms with van der Waals surface area (Å²) in [6.07, 6.45) is 5.22. The average molecular weight is 286 g/mol. The first-order valence-corrected chi connectivity index (χ1v) is 6.66. The maximum atomic E-state index is 13.1. The van der Waals surface area contributed by atoms with E-state index >= 15 is 0 Å². The zero-order valence-electron chi connectivity index (χ0n) is 9.96. The Morgan fingerprint density at radius 1 is 1.58 bits per heavy atom. The first-order valence-electron chi connectivity index (χ1n) is 5.17. The standard InChI is InChI=1S/C11H11FN2O4S/c1-3-4-8(2)13-19(17,18)9-5-6-10(12)11(7-9)14(15)16/h1,5-8,13H,4H2,2H3. The molecular formula is C11H11FN2O4S. The molecule has 19 heavy (non-hydrogen) atoms. The molecule has 8 heteroatoms. The first-order chi connectivity index (χ1) is 8.77. The molecule has 0 spiro atoms. The van der Waals surface area contributed by atoms with Crippen molar-refractivity contribution in [2.75, 3.05) is 0 Å². The van der Waals surface area contributed by atoms with E-state index in [0.717, 1.165) is 12.1 Å². The number of nitro groups is 1. The number of terminal acetylenes is 1. The Bertz CT molecular complexity index is 637. The minimum Gasteiger partial charge on any atom is -0.258 e. The zero-order chi connectivity index (χ0) is 14.6. The van der Waals surface area contributed by atoms with Crippen LogP contribution in [-0.4, -0.2) is 19.4 Å². The second kappa shape index (κ2) is 5.77. The van der Waals surface area contributed by atoms with Crippen LogP contribution in [-0.2, 0) is 10.0 Å². The summed E-state index contributed by atoms with van der Waals surface area (Å²) in [6, 6.07) is 1.82. The van der Waals surface area contributed by atoms with Gasteiger partial charge in [-0.25, -0.2) is 13.1 Å². The predicted octanol–water partition coefficient (Wildman–Crippen LogP) is 1.42. The molecule has 0 aromatic heterocycles. The van der Waals surface area contributed by atoms with Crippen molar-refractivity contribution in [1.82, 2.24) is 4.72 Å². The molecule has 102 valence electrons. The fraction of sp³-hybridized carbons (Fsp3) is 0.273. The van der Waals surface area contributed by atoms with Crippen LogP contribution in [0, 0.1) is 28.3 Å². The van der Waals surface area contributed by atoms with Crippen molar-refractivity contribution < 1.29 is 17.7 Å². The Hall–Kier alpha value is -1.98. The van der Waals surface area contributed by atoms with Crippen molar-refractivity contribution in [3.63, 3.8) is 0 Å². The maximum Gasteiger partial charge on any atom is 0.306 e. The summed E-state index contributed by atoms with van der Waals surface area (Å²) in [5.41, 5.74) is -0.896. The van der Waals surface area contributed by atoms with Gasteiger partial charge in [-0.15, -0.1) is 12.3 Å². The molecule has 0 bridgehead atoms. The number of nitrogens with one attached hydrogen (secondary N) is 1. The third-order valence-electron chi connectivity index (χ3n) is 2.20. The van der Waals surface area contributed by atoms with E-state index in [1.807, 2.05) is 0 Å². The molecular weight excluding hydrogens is 275 g/mol. The number of sulfonamides is 1. The molecule has 0 aliphatic heterocycles. The SMILES string of the molecule is C#CCC(C)NS(=O)(=O)c1ccc(F)c([N+](=O)[O-])c1. The molecule has 0 aliphatic rings. The van der Waals surface area contributed by atoms with Crippen LogP contribution >= 0.6 is 0 Å².